The van der Waals surface area contributed by atoms with Gasteiger partial charge in [-0.05, 0) is 79.6 Å². The standard InChI is InChI=1S/C34H36ClN3O5S/c1-3-4-23-36-34(40)26(2)37(24-27-15-17-28(35)18-16-27)33(39)25-38(44(41,42)32-13-9-6-10-14-32)29-19-21-31(22-20-29)43-30-11-7-5-8-12-30/h5-22,26H,3-4,23-25H2,1-2H3,(H,36,40). The molecule has 10 heteroatoms. The Morgan fingerprint density at radius 1 is 0.841 bits per heavy atom. The maximum Gasteiger partial charge on any atom is 0.264 e. The molecule has 8 nitrogen and oxygen atoms in total. The molecule has 2 amide bonds. The molecule has 0 heterocycles. The monoisotopic (exact) mass is 633 g/mol. The Morgan fingerprint density at radius 3 is 2.05 bits per heavy atom. The van der Waals surface area contributed by atoms with Crippen LogP contribution in [-0.4, -0.2) is 44.3 Å². The van der Waals surface area contributed by atoms with E-state index in [2.05, 4.69) is 5.32 Å². The van der Waals surface area contributed by atoms with Gasteiger partial charge < -0.3 is 15.0 Å². The van der Waals surface area contributed by atoms with Gasteiger partial charge in [0, 0.05) is 18.1 Å². The van der Waals surface area contributed by atoms with Gasteiger partial charge in [0.15, 0.2) is 0 Å². The molecule has 4 aromatic rings. The molecule has 0 aliphatic rings. The van der Waals surface area contributed by atoms with E-state index in [1.165, 1.54) is 17.0 Å². The minimum absolute atomic E-state index is 0.0343. The van der Waals surface area contributed by atoms with Gasteiger partial charge >= 0.3 is 0 Å². The number of unbranched alkanes of at least 4 members (excludes halogenated alkanes) is 1. The first-order chi connectivity index (χ1) is 21.2. The van der Waals surface area contributed by atoms with Crippen LogP contribution < -0.4 is 14.4 Å². The van der Waals surface area contributed by atoms with E-state index in [0.29, 0.717) is 23.1 Å². The summed E-state index contributed by atoms with van der Waals surface area (Å²) in [4.78, 5) is 28.6. The summed E-state index contributed by atoms with van der Waals surface area (Å²) in [6, 6.07) is 29.7. The molecule has 1 atom stereocenters. The first-order valence-electron chi connectivity index (χ1n) is 14.4. The lowest BCUT2D eigenvalue weighted by Crippen LogP contribution is -2.51. The van der Waals surface area contributed by atoms with Crippen molar-refractivity contribution in [3.8, 4) is 11.5 Å². The highest BCUT2D eigenvalue weighted by Crippen LogP contribution is 2.28. The Kier molecular flexibility index (Phi) is 11.4. The Hall–Kier alpha value is -4.34. The third kappa shape index (κ3) is 8.61. The van der Waals surface area contributed by atoms with Crippen molar-refractivity contribution in [1.29, 1.82) is 0 Å². The van der Waals surface area contributed by atoms with Crippen molar-refractivity contribution >= 4 is 39.1 Å². The van der Waals surface area contributed by atoms with Crippen LogP contribution in [0.4, 0.5) is 5.69 Å². The summed E-state index contributed by atoms with van der Waals surface area (Å²) in [5.41, 5.74) is 1.02. The van der Waals surface area contributed by atoms with Crippen LogP contribution in [0.1, 0.15) is 32.3 Å². The number of amides is 2. The maximum absolute atomic E-state index is 14.0. The van der Waals surface area contributed by atoms with Gasteiger partial charge in [-0.25, -0.2) is 8.42 Å². The number of sulfonamides is 1. The molecule has 1 unspecified atom stereocenters. The fourth-order valence-corrected chi connectivity index (χ4v) is 6.02. The molecule has 0 fully saturated rings. The number of benzene rings is 4. The predicted octanol–water partition coefficient (Wildman–Crippen LogP) is 6.66. The van der Waals surface area contributed by atoms with Gasteiger partial charge in [0.05, 0.1) is 10.6 Å². The Balaban J connectivity index is 1.66. The van der Waals surface area contributed by atoms with Gasteiger partial charge in [0.1, 0.15) is 24.1 Å². The van der Waals surface area contributed by atoms with E-state index in [9.17, 15) is 18.0 Å². The van der Waals surface area contributed by atoms with Crippen molar-refractivity contribution in [3.63, 3.8) is 0 Å². The third-order valence-electron chi connectivity index (χ3n) is 6.98. The summed E-state index contributed by atoms with van der Waals surface area (Å²) in [6.45, 7) is 3.70. The molecule has 4 rings (SSSR count). The molecule has 0 saturated heterocycles. The van der Waals surface area contributed by atoms with Crippen molar-refractivity contribution < 1.29 is 22.7 Å². The Labute approximate surface area is 264 Å². The number of anilines is 1. The average Bonchev–Trinajstić information content (AvgIpc) is 3.04. The van der Waals surface area contributed by atoms with Gasteiger partial charge in [-0.3, -0.25) is 13.9 Å². The van der Waals surface area contributed by atoms with Gasteiger partial charge in [0.2, 0.25) is 11.8 Å². The predicted molar refractivity (Wildman–Crippen MR) is 173 cm³/mol. The number of carbonyl (C=O) groups excluding carboxylic acids is 2. The van der Waals surface area contributed by atoms with E-state index < -0.39 is 28.5 Å². The molecule has 0 aromatic heterocycles. The van der Waals surface area contributed by atoms with Crippen molar-refractivity contribution in [2.45, 2.75) is 44.2 Å². The zero-order valence-electron chi connectivity index (χ0n) is 24.7. The van der Waals surface area contributed by atoms with Crippen LogP contribution in [0.3, 0.4) is 0 Å². The summed E-state index contributed by atoms with van der Waals surface area (Å²) in [5.74, 6) is 0.279. The number of hydrogen-bond acceptors (Lipinski definition) is 5. The summed E-state index contributed by atoms with van der Waals surface area (Å²) in [7, 11) is -4.17. The quantitative estimate of drug-likeness (QED) is 0.157. The van der Waals surface area contributed by atoms with Crippen LogP contribution >= 0.6 is 11.6 Å². The van der Waals surface area contributed by atoms with E-state index in [1.807, 2.05) is 37.3 Å². The maximum atomic E-state index is 14.0. The zero-order valence-corrected chi connectivity index (χ0v) is 26.3. The fourth-order valence-electron chi connectivity index (χ4n) is 4.46. The lowest BCUT2D eigenvalue weighted by Gasteiger charge is -2.32. The lowest BCUT2D eigenvalue weighted by atomic mass is 10.1. The number of hydrogen-bond donors (Lipinski definition) is 1. The molecule has 44 heavy (non-hydrogen) atoms. The summed E-state index contributed by atoms with van der Waals surface area (Å²) >= 11 is 6.07. The van der Waals surface area contributed by atoms with Crippen LogP contribution in [-0.2, 0) is 26.2 Å². The number of nitrogens with one attached hydrogen (secondary N) is 1. The molecule has 0 aliphatic carbocycles. The minimum Gasteiger partial charge on any atom is -0.457 e. The number of ether oxygens (including phenoxy) is 1. The highest BCUT2D eigenvalue weighted by atomic mass is 35.5. The number of rotatable bonds is 14. The summed E-state index contributed by atoms with van der Waals surface area (Å²) in [6.07, 6.45) is 1.71. The Morgan fingerprint density at radius 2 is 1.43 bits per heavy atom. The molecule has 0 saturated carbocycles. The minimum atomic E-state index is -4.17. The number of nitrogens with zero attached hydrogens (tertiary/aromatic N) is 2. The molecule has 4 aromatic carbocycles. The first-order valence-corrected chi connectivity index (χ1v) is 16.2. The molecule has 230 valence electrons. The second-order valence-electron chi connectivity index (χ2n) is 10.2. The normalized spacial score (nSPS) is 11.8. The van der Waals surface area contributed by atoms with Crippen molar-refractivity contribution in [1.82, 2.24) is 10.2 Å². The van der Waals surface area contributed by atoms with Gasteiger partial charge in [-0.15, -0.1) is 0 Å². The Bertz CT molecular complexity index is 1620. The molecule has 0 bridgehead atoms. The lowest BCUT2D eigenvalue weighted by molar-refractivity contribution is -0.139. The molecular weight excluding hydrogens is 598 g/mol. The second kappa shape index (κ2) is 15.4. The van der Waals surface area contributed by atoms with Crippen molar-refractivity contribution in [2.75, 3.05) is 17.4 Å². The number of halogens is 1. The van der Waals surface area contributed by atoms with Crippen LogP contribution in [0.5, 0.6) is 11.5 Å². The second-order valence-corrected chi connectivity index (χ2v) is 12.5. The summed E-state index contributed by atoms with van der Waals surface area (Å²) in [5, 5.41) is 3.42. The van der Waals surface area contributed by atoms with E-state index in [4.69, 9.17) is 16.3 Å². The van der Waals surface area contributed by atoms with Crippen molar-refractivity contribution in [3.05, 3.63) is 120 Å². The molecule has 0 aliphatic heterocycles. The average molecular weight is 634 g/mol. The van der Waals surface area contributed by atoms with Crippen LogP contribution in [0.25, 0.3) is 0 Å². The van der Waals surface area contributed by atoms with Gasteiger partial charge in [-0.2, -0.15) is 0 Å². The molecular formula is C34H36ClN3O5S. The fraction of sp³-hybridized carbons (Fsp3) is 0.235. The first kappa shape index (κ1) is 32.6. The van der Waals surface area contributed by atoms with Gasteiger partial charge in [0.25, 0.3) is 10.0 Å². The van der Waals surface area contributed by atoms with Crippen LogP contribution in [0.15, 0.2) is 114 Å². The smallest absolute Gasteiger partial charge is 0.264 e. The van der Waals surface area contributed by atoms with E-state index in [-0.39, 0.29) is 23.0 Å². The molecule has 0 spiro atoms. The topological polar surface area (TPSA) is 96.0 Å². The SMILES string of the molecule is CCCCNC(=O)C(C)N(Cc1ccc(Cl)cc1)C(=O)CN(c1ccc(Oc2ccccc2)cc1)S(=O)(=O)c1ccccc1. The van der Waals surface area contributed by atoms with Crippen LogP contribution in [0.2, 0.25) is 5.02 Å². The van der Waals surface area contributed by atoms with Crippen LogP contribution in [0, 0.1) is 0 Å². The number of para-hydroxylation sites is 1. The molecule has 0 radical (unpaired) electrons. The van der Waals surface area contributed by atoms with Gasteiger partial charge in [-0.1, -0.05) is 73.5 Å². The van der Waals surface area contributed by atoms with E-state index in [0.717, 1.165) is 22.7 Å². The highest BCUT2D eigenvalue weighted by Gasteiger charge is 2.32. The van der Waals surface area contributed by atoms with Crippen molar-refractivity contribution in [2.24, 2.45) is 0 Å². The highest BCUT2D eigenvalue weighted by molar-refractivity contribution is 7.92. The van der Waals surface area contributed by atoms with E-state index in [1.54, 1.807) is 73.7 Å². The molecule has 1 N–H and O–H groups in total. The number of carbonyl (C=O) groups is 2. The summed E-state index contributed by atoms with van der Waals surface area (Å²) < 4.78 is 34.9. The largest absolute Gasteiger partial charge is 0.457 e. The van der Waals surface area contributed by atoms with E-state index >= 15 is 0 Å². The third-order valence-corrected chi connectivity index (χ3v) is 9.02. The zero-order chi connectivity index (χ0) is 31.5.